The largest absolute Gasteiger partial charge is 0.481 e. The lowest BCUT2D eigenvalue weighted by Gasteiger charge is -2.12. The molecule has 1 aliphatic heterocycles. The smallest absolute Gasteiger partial charge is 0.307 e. The van der Waals surface area contributed by atoms with Gasteiger partial charge in [0.1, 0.15) is 6.61 Å². The van der Waals surface area contributed by atoms with Gasteiger partial charge in [0.15, 0.2) is 6.29 Å². The van der Waals surface area contributed by atoms with E-state index in [0.29, 0.717) is 32.2 Å². The first-order valence-electron chi connectivity index (χ1n) is 21.1. The van der Waals surface area contributed by atoms with Crippen molar-refractivity contribution in [2.75, 3.05) is 27.2 Å². The van der Waals surface area contributed by atoms with Crippen molar-refractivity contribution in [2.24, 2.45) is 0 Å². The summed E-state index contributed by atoms with van der Waals surface area (Å²) in [7, 11) is 3.81. The van der Waals surface area contributed by atoms with Crippen LogP contribution in [0, 0.1) is 0 Å². The molecule has 0 aromatic heterocycles. The highest BCUT2D eigenvalue weighted by Gasteiger charge is 2.24. The number of nitrogens with zero attached hydrogens (tertiary/aromatic N) is 1. The van der Waals surface area contributed by atoms with E-state index < -0.39 is 18.2 Å². The Balaban J connectivity index is 0. The fourth-order valence-electron chi connectivity index (χ4n) is 5.17. The Hall–Kier alpha value is -3.27. The van der Waals surface area contributed by atoms with Gasteiger partial charge in [-0.1, -0.05) is 125 Å². The van der Waals surface area contributed by atoms with Gasteiger partial charge in [-0.15, -0.1) is 0 Å². The highest BCUT2D eigenvalue weighted by molar-refractivity contribution is 5.69. The second-order valence-electron chi connectivity index (χ2n) is 14.0. The number of allylic oxidation sites excluding steroid dienone is 12. The molecule has 0 saturated carbocycles. The SMILES string of the molecule is CC/C=C\C/C=C\C/C=C\CCCCCCCC(=O)O.CC/C=C\C/C=C\C/C=C\CCCCCCCC(=O)O.CN(C)CCC(=O)OC[C@@H]1CC[C@H](O)O1. The molecule has 0 aromatic carbocycles. The second-order valence-corrected chi connectivity index (χ2v) is 14.0. The van der Waals surface area contributed by atoms with E-state index in [-0.39, 0.29) is 18.7 Å². The Bertz CT molecular complexity index is 1010. The maximum absolute atomic E-state index is 11.2. The van der Waals surface area contributed by atoms with Crippen LogP contribution in [0.4, 0.5) is 0 Å². The fourth-order valence-corrected chi connectivity index (χ4v) is 5.17. The summed E-state index contributed by atoms with van der Waals surface area (Å²) in [6.07, 6.45) is 47.7. The lowest BCUT2D eigenvalue weighted by molar-refractivity contribution is -0.152. The first kappa shape index (κ1) is 53.8. The molecule has 0 bridgehead atoms. The first-order valence-corrected chi connectivity index (χ1v) is 21.1. The molecule has 3 N–H and O–H groups in total. The molecule has 1 heterocycles. The van der Waals surface area contributed by atoms with Crippen LogP contribution in [0.15, 0.2) is 72.9 Å². The van der Waals surface area contributed by atoms with Crippen molar-refractivity contribution < 1.29 is 39.2 Å². The molecule has 0 aliphatic carbocycles. The van der Waals surface area contributed by atoms with Gasteiger partial charge in [-0.05, 0) is 97.6 Å². The average Bonchev–Trinajstić information content (AvgIpc) is 3.58. The van der Waals surface area contributed by atoms with E-state index in [0.717, 1.165) is 96.3 Å². The summed E-state index contributed by atoms with van der Waals surface area (Å²) < 4.78 is 10.1. The van der Waals surface area contributed by atoms with E-state index in [4.69, 9.17) is 24.8 Å². The summed E-state index contributed by atoms with van der Waals surface area (Å²) in [6, 6.07) is 0. The van der Waals surface area contributed by atoms with Crippen LogP contribution in [0.5, 0.6) is 0 Å². The minimum atomic E-state index is -0.685. The third-order valence-corrected chi connectivity index (χ3v) is 8.36. The number of ether oxygens (including phenoxy) is 2. The van der Waals surface area contributed by atoms with Crippen molar-refractivity contribution in [3.05, 3.63) is 72.9 Å². The van der Waals surface area contributed by atoms with E-state index in [1.807, 2.05) is 19.0 Å². The number of carboxylic acids is 2. The number of aliphatic carboxylic acids is 2. The van der Waals surface area contributed by atoms with Crippen LogP contribution < -0.4 is 0 Å². The zero-order valence-electron chi connectivity index (χ0n) is 35.1. The lowest BCUT2D eigenvalue weighted by atomic mass is 10.1. The third-order valence-electron chi connectivity index (χ3n) is 8.36. The molecule has 316 valence electrons. The average molecular weight is 774 g/mol. The Kier molecular flexibility index (Phi) is 42.5. The molecule has 0 radical (unpaired) electrons. The normalized spacial score (nSPS) is 15.8. The van der Waals surface area contributed by atoms with Crippen molar-refractivity contribution in [1.82, 2.24) is 4.90 Å². The first-order chi connectivity index (χ1) is 26.6. The summed E-state index contributed by atoms with van der Waals surface area (Å²) in [6.45, 7) is 5.24. The zero-order valence-corrected chi connectivity index (χ0v) is 35.1. The fraction of sp³-hybridized carbons (Fsp3) is 0.674. The molecular weight excluding hydrogens is 695 g/mol. The predicted octanol–water partition coefficient (Wildman–Crippen LogP) is 11.3. The van der Waals surface area contributed by atoms with E-state index in [9.17, 15) is 14.4 Å². The maximum Gasteiger partial charge on any atom is 0.307 e. The number of carboxylic acid groups (broad SMARTS) is 2. The van der Waals surface area contributed by atoms with E-state index >= 15 is 0 Å². The van der Waals surface area contributed by atoms with Crippen molar-refractivity contribution >= 4 is 17.9 Å². The number of carbonyl (C=O) groups excluding carboxylic acids is 1. The molecule has 9 nitrogen and oxygen atoms in total. The zero-order chi connectivity index (χ0) is 41.0. The van der Waals surface area contributed by atoms with E-state index in [2.05, 4.69) is 86.8 Å². The predicted molar refractivity (Wildman–Crippen MR) is 228 cm³/mol. The summed E-state index contributed by atoms with van der Waals surface area (Å²) in [5.74, 6) is -1.56. The minimum Gasteiger partial charge on any atom is -0.481 e. The number of hydrogen-bond donors (Lipinski definition) is 3. The van der Waals surface area contributed by atoms with Gasteiger partial charge >= 0.3 is 17.9 Å². The van der Waals surface area contributed by atoms with Crippen LogP contribution in [0.25, 0.3) is 0 Å². The quantitative estimate of drug-likeness (QED) is 0.0357. The maximum atomic E-state index is 11.2. The Labute approximate surface area is 335 Å². The van der Waals surface area contributed by atoms with Gasteiger partial charge in [0.05, 0.1) is 12.5 Å². The number of esters is 1. The molecular formula is C46H79NO8. The summed E-state index contributed by atoms with van der Waals surface area (Å²) in [5.41, 5.74) is 0. The van der Waals surface area contributed by atoms with Crippen molar-refractivity contribution in [1.29, 1.82) is 0 Å². The molecule has 0 unspecified atom stereocenters. The molecule has 1 aliphatic rings. The number of rotatable bonds is 31. The highest BCUT2D eigenvalue weighted by Crippen LogP contribution is 2.17. The second kappa shape index (κ2) is 43.5. The molecule has 0 amide bonds. The van der Waals surface area contributed by atoms with Crippen molar-refractivity contribution in [2.45, 2.75) is 174 Å². The summed E-state index contributed by atoms with van der Waals surface area (Å²) in [4.78, 5) is 33.8. The molecule has 55 heavy (non-hydrogen) atoms. The van der Waals surface area contributed by atoms with Gasteiger partial charge in [-0.3, -0.25) is 14.4 Å². The molecule has 1 rings (SSSR count). The van der Waals surface area contributed by atoms with Gasteiger partial charge in [-0.2, -0.15) is 0 Å². The van der Waals surface area contributed by atoms with Gasteiger partial charge < -0.3 is 29.7 Å². The molecule has 0 aromatic rings. The van der Waals surface area contributed by atoms with E-state index in [1.54, 1.807) is 0 Å². The van der Waals surface area contributed by atoms with Crippen LogP contribution in [-0.4, -0.2) is 77.8 Å². The van der Waals surface area contributed by atoms with Crippen LogP contribution >= 0.6 is 0 Å². The van der Waals surface area contributed by atoms with Crippen LogP contribution in [0.3, 0.4) is 0 Å². The Morgan fingerprint density at radius 1 is 0.582 bits per heavy atom. The highest BCUT2D eigenvalue weighted by atomic mass is 16.6. The number of aliphatic hydroxyl groups is 1. The summed E-state index contributed by atoms with van der Waals surface area (Å²) >= 11 is 0. The van der Waals surface area contributed by atoms with Crippen LogP contribution in [0.2, 0.25) is 0 Å². The molecule has 2 atom stereocenters. The lowest BCUT2D eigenvalue weighted by Crippen LogP contribution is -2.22. The van der Waals surface area contributed by atoms with Crippen molar-refractivity contribution in [3.63, 3.8) is 0 Å². The van der Waals surface area contributed by atoms with Gasteiger partial charge in [0.25, 0.3) is 0 Å². The molecule has 1 fully saturated rings. The standard InChI is InChI=1S/2C18H30O2.C10H19NO4/c2*1-2-3-4-5-6-7-8-9-10-11-12-13-14-15-16-17-18(19)20;1-11(2)6-5-9(12)14-7-8-3-4-10(13)15-8/h2*3-4,6-7,9-10H,2,5,8,11-17H2,1H3,(H,19,20);8,10,13H,3-7H2,1-2H3/b2*4-3-,7-6-,10-9-;/t;;8-,10+/m..0/s1. The number of hydrogen-bond acceptors (Lipinski definition) is 7. The number of aliphatic hydroxyl groups excluding tert-OH is 1. The van der Waals surface area contributed by atoms with Gasteiger partial charge in [0, 0.05) is 25.8 Å². The summed E-state index contributed by atoms with van der Waals surface area (Å²) in [5, 5.41) is 26.1. The van der Waals surface area contributed by atoms with Gasteiger partial charge in [0.2, 0.25) is 0 Å². The van der Waals surface area contributed by atoms with E-state index in [1.165, 1.54) is 25.7 Å². The molecule has 9 heteroatoms. The molecule has 1 saturated heterocycles. The topological polar surface area (TPSA) is 134 Å². The number of unbranched alkanes of at least 4 members (excludes halogenated alkanes) is 10. The third kappa shape index (κ3) is 48.7. The van der Waals surface area contributed by atoms with Gasteiger partial charge in [-0.25, -0.2) is 0 Å². The van der Waals surface area contributed by atoms with Crippen LogP contribution in [0.1, 0.15) is 162 Å². The van der Waals surface area contributed by atoms with Crippen LogP contribution in [-0.2, 0) is 23.9 Å². The van der Waals surface area contributed by atoms with Crippen molar-refractivity contribution in [3.8, 4) is 0 Å². The Morgan fingerprint density at radius 3 is 1.36 bits per heavy atom. The Morgan fingerprint density at radius 2 is 0.982 bits per heavy atom. The number of carbonyl (C=O) groups is 3. The molecule has 0 spiro atoms. The monoisotopic (exact) mass is 774 g/mol. The minimum absolute atomic E-state index is 0.136.